The highest BCUT2D eigenvalue weighted by Crippen LogP contribution is 2.18. The van der Waals surface area contributed by atoms with E-state index in [1.54, 1.807) is 36.4 Å². The topological polar surface area (TPSA) is 88.8 Å². The Hall–Kier alpha value is -3.63. The molecule has 0 aromatic heterocycles. The molecule has 0 heterocycles. The van der Waals surface area contributed by atoms with Crippen LogP contribution in [0.1, 0.15) is 16.7 Å². The van der Waals surface area contributed by atoms with E-state index < -0.39 is 10.1 Å². The number of ether oxygens (including phenoxy) is 1. The first kappa shape index (κ1) is 20.1. The molecule has 0 atom stereocenters. The molecule has 29 heavy (non-hydrogen) atoms. The number of oxime groups is 1. The molecule has 0 bridgehead atoms. The van der Waals surface area contributed by atoms with Gasteiger partial charge in [-0.05, 0) is 36.8 Å². The Bertz CT molecular complexity index is 1150. The van der Waals surface area contributed by atoms with Crippen LogP contribution in [-0.4, -0.2) is 14.1 Å². The van der Waals surface area contributed by atoms with Crippen molar-refractivity contribution >= 4 is 15.8 Å². The van der Waals surface area contributed by atoms with Gasteiger partial charge in [0.25, 0.3) is 0 Å². The zero-order valence-electron chi connectivity index (χ0n) is 15.6. The minimum absolute atomic E-state index is 0.0379. The van der Waals surface area contributed by atoms with Crippen LogP contribution in [0.2, 0.25) is 0 Å². The van der Waals surface area contributed by atoms with Crippen LogP contribution in [0, 0.1) is 18.3 Å². The number of nitriles is 1. The lowest BCUT2D eigenvalue weighted by molar-refractivity contribution is 0.306. The summed E-state index contributed by atoms with van der Waals surface area (Å²) in [5.74, 6) is 0.524. The third-order valence-corrected chi connectivity index (χ3v) is 5.12. The Morgan fingerprint density at radius 2 is 1.72 bits per heavy atom. The van der Waals surface area contributed by atoms with E-state index in [1.807, 2.05) is 43.3 Å². The number of aryl methyl sites for hydroxylation is 1. The summed E-state index contributed by atoms with van der Waals surface area (Å²) in [4.78, 5) is -0.0379. The van der Waals surface area contributed by atoms with E-state index in [9.17, 15) is 13.7 Å². The SMILES string of the molecule is Cc1ccc(S(=O)(=O)ON=C(C#N)c2cccc(OCc3ccccc3)c2)cc1. The van der Waals surface area contributed by atoms with Gasteiger partial charge in [0, 0.05) is 5.56 Å². The molecule has 0 unspecified atom stereocenters. The second-order valence-electron chi connectivity index (χ2n) is 6.20. The van der Waals surface area contributed by atoms with Crippen molar-refractivity contribution < 1.29 is 17.4 Å². The van der Waals surface area contributed by atoms with Crippen LogP contribution in [0.15, 0.2) is 88.9 Å². The van der Waals surface area contributed by atoms with E-state index >= 15 is 0 Å². The van der Waals surface area contributed by atoms with Crippen molar-refractivity contribution in [2.45, 2.75) is 18.4 Å². The van der Waals surface area contributed by atoms with Crippen molar-refractivity contribution in [1.82, 2.24) is 0 Å². The smallest absolute Gasteiger partial charge is 0.358 e. The quantitative estimate of drug-likeness (QED) is 0.433. The van der Waals surface area contributed by atoms with E-state index in [2.05, 4.69) is 5.16 Å². The maximum absolute atomic E-state index is 12.3. The Kier molecular flexibility index (Phi) is 6.27. The van der Waals surface area contributed by atoms with Gasteiger partial charge in [-0.25, -0.2) is 0 Å². The predicted molar refractivity (Wildman–Crippen MR) is 109 cm³/mol. The van der Waals surface area contributed by atoms with Gasteiger partial charge in [0.15, 0.2) is 5.71 Å². The first-order valence-corrected chi connectivity index (χ1v) is 10.1. The second kappa shape index (κ2) is 9.04. The van der Waals surface area contributed by atoms with Crippen LogP contribution in [0.3, 0.4) is 0 Å². The number of nitrogens with zero attached hydrogens (tertiary/aromatic N) is 2. The van der Waals surface area contributed by atoms with Gasteiger partial charge in [-0.2, -0.15) is 13.7 Å². The molecule has 0 amide bonds. The standard InChI is InChI=1S/C22H18N2O4S/c1-17-10-12-21(13-11-17)29(25,26)28-24-22(15-23)19-8-5-9-20(14-19)27-16-18-6-3-2-4-7-18/h2-14H,16H2,1H3. The summed E-state index contributed by atoms with van der Waals surface area (Å²) in [6.07, 6.45) is 0. The summed E-state index contributed by atoms with van der Waals surface area (Å²) in [5.41, 5.74) is 2.13. The van der Waals surface area contributed by atoms with Gasteiger partial charge >= 0.3 is 10.1 Å². The lowest BCUT2D eigenvalue weighted by Gasteiger charge is -2.07. The van der Waals surface area contributed by atoms with Gasteiger partial charge in [-0.1, -0.05) is 65.3 Å². The molecule has 3 aromatic rings. The second-order valence-corrected chi connectivity index (χ2v) is 7.72. The fourth-order valence-electron chi connectivity index (χ4n) is 2.45. The van der Waals surface area contributed by atoms with Crippen molar-refractivity contribution in [3.8, 4) is 11.8 Å². The molecule has 146 valence electrons. The van der Waals surface area contributed by atoms with Gasteiger partial charge < -0.3 is 4.74 Å². The molecule has 6 nitrogen and oxygen atoms in total. The Morgan fingerprint density at radius 1 is 1.00 bits per heavy atom. The average molecular weight is 406 g/mol. The highest BCUT2D eigenvalue weighted by molar-refractivity contribution is 7.86. The molecule has 3 rings (SSSR count). The zero-order chi connectivity index (χ0) is 20.7. The normalized spacial score (nSPS) is 11.5. The monoisotopic (exact) mass is 406 g/mol. The molecule has 0 aliphatic carbocycles. The fourth-order valence-corrected chi connectivity index (χ4v) is 3.17. The van der Waals surface area contributed by atoms with Crippen LogP contribution in [0.4, 0.5) is 0 Å². The molecule has 0 saturated carbocycles. The summed E-state index contributed by atoms with van der Waals surface area (Å²) in [5, 5.41) is 12.9. The number of hydrogen-bond acceptors (Lipinski definition) is 6. The Morgan fingerprint density at radius 3 is 2.41 bits per heavy atom. The zero-order valence-corrected chi connectivity index (χ0v) is 16.5. The van der Waals surface area contributed by atoms with Crippen molar-refractivity contribution in [1.29, 1.82) is 5.26 Å². The Labute approximate surface area is 169 Å². The van der Waals surface area contributed by atoms with E-state index in [4.69, 9.17) is 9.02 Å². The van der Waals surface area contributed by atoms with Crippen molar-refractivity contribution in [3.05, 3.63) is 95.6 Å². The van der Waals surface area contributed by atoms with Crippen molar-refractivity contribution in [2.75, 3.05) is 0 Å². The summed E-state index contributed by atoms with van der Waals surface area (Å²) in [6, 6.07) is 24.3. The number of benzene rings is 3. The maximum Gasteiger partial charge on any atom is 0.358 e. The molecule has 3 aromatic carbocycles. The lowest BCUT2D eigenvalue weighted by atomic mass is 10.1. The first-order chi connectivity index (χ1) is 14.0. The largest absolute Gasteiger partial charge is 0.489 e. The van der Waals surface area contributed by atoms with Crippen LogP contribution in [0.25, 0.3) is 0 Å². The van der Waals surface area contributed by atoms with E-state index in [0.29, 0.717) is 17.9 Å². The summed E-state index contributed by atoms with van der Waals surface area (Å²) in [6.45, 7) is 2.21. The predicted octanol–water partition coefficient (Wildman–Crippen LogP) is 4.21. The fraction of sp³-hybridized carbons (Fsp3) is 0.0909. The van der Waals surface area contributed by atoms with Crippen molar-refractivity contribution in [3.63, 3.8) is 0 Å². The van der Waals surface area contributed by atoms with Gasteiger partial charge in [0.05, 0.1) is 0 Å². The summed E-state index contributed by atoms with van der Waals surface area (Å²) < 4.78 is 35.0. The van der Waals surface area contributed by atoms with E-state index in [0.717, 1.165) is 11.1 Å². The highest BCUT2D eigenvalue weighted by Gasteiger charge is 2.16. The molecule has 0 aliphatic heterocycles. The molecule has 0 N–H and O–H groups in total. The Balaban J connectivity index is 1.75. The molecular formula is C22H18N2O4S. The minimum atomic E-state index is -4.12. The van der Waals surface area contributed by atoms with Gasteiger partial charge in [0.1, 0.15) is 23.3 Å². The molecule has 0 spiro atoms. The minimum Gasteiger partial charge on any atom is -0.489 e. The van der Waals surface area contributed by atoms with Crippen LogP contribution in [0.5, 0.6) is 5.75 Å². The van der Waals surface area contributed by atoms with Crippen LogP contribution < -0.4 is 4.74 Å². The molecule has 0 fully saturated rings. The van der Waals surface area contributed by atoms with Gasteiger partial charge in [0.2, 0.25) is 0 Å². The first-order valence-electron chi connectivity index (χ1n) is 8.73. The molecule has 0 aliphatic rings. The highest BCUT2D eigenvalue weighted by atomic mass is 32.2. The average Bonchev–Trinajstić information content (AvgIpc) is 2.74. The van der Waals surface area contributed by atoms with E-state index in [-0.39, 0.29) is 10.6 Å². The van der Waals surface area contributed by atoms with Gasteiger partial charge in [-0.15, -0.1) is 0 Å². The van der Waals surface area contributed by atoms with Crippen LogP contribution >= 0.6 is 0 Å². The summed E-state index contributed by atoms with van der Waals surface area (Å²) >= 11 is 0. The van der Waals surface area contributed by atoms with E-state index in [1.165, 1.54) is 12.1 Å². The lowest BCUT2D eigenvalue weighted by Crippen LogP contribution is -2.06. The van der Waals surface area contributed by atoms with Gasteiger partial charge in [-0.3, -0.25) is 4.28 Å². The summed E-state index contributed by atoms with van der Waals surface area (Å²) in [7, 11) is -4.12. The molecular weight excluding hydrogens is 388 g/mol. The molecule has 0 radical (unpaired) electrons. The molecule has 0 saturated heterocycles. The third kappa shape index (κ3) is 5.43. The third-order valence-electron chi connectivity index (χ3n) is 4.00. The number of hydrogen-bond donors (Lipinski definition) is 0. The maximum atomic E-state index is 12.3. The van der Waals surface area contributed by atoms with Crippen LogP contribution in [-0.2, 0) is 21.0 Å². The molecule has 7 heteroatoms. The number of rotatable bonds is 7. The van der Waals surface area contributed by atoms with Crippen molar-refractivity contribution in [2.24, 2.45) is 5.16 Å².